The summed E-state index contributed by atoms with van der Waals surface area (Å²) < 4.78 is 29.6. The maximum absolute atomic E-state index is 13.5. The van der Waals surface area contributed by atoms with E-state index >= 15 is 0 Å². The highest BCUT2D eigenvalue weighted by Crippen LogP contribution is 2.64. The number of nitro groups is 1. The van der Waals surface area contributed by atoms with E-state index in [-0.39, 0.29) is 17.5 Å². The lowest BCUT2D eigenvalue weighted by atomic mass is 10.1. The number of nitrogens with zero attached hydrogens (tertiary/aromatic N) is 5. The van der Waals surface area contributed by atoms with Crippen LogP contribution in [0.15, 0.2) is 48.7 Å². The molecule has 6 rings (SSSR count). The first kappa shape index (κ1) is 22.3. The van der Waals surface area contributed by atoms with E-state index in [9.17, 15) is 14.7 Å². The Hall–Kier alpha value is -3.17. The van der Waals surface area contributed by atoms with Gasteiger partial charge in [-0.3, -0.25) is 19.2 Å². The van der Waals surface area contributed by atoms with Crippen molar-refractivity contribution in [3.63, 3.8) is 0 Å². The molecule has 0 N–H and O–H groups in total. The van der Waals surface area contributed by atoms with Gasteiger partial charge in [0, 0.05) is 55.3 Å². The zero-order valence-corrected chi connectivity index (χ0v) is 20.1. The molecule has 11 heteroatoms. The summed E-state index contributed by atoms with van der Waals surface area (Å²) >= 11 is 0. The molecule has 0 spiro atoms. The van der Waals surface area contributed by atoms with Crippen molar-refractivity contribution in [1.82, 2.24) is 19.3 Å². The fraction of sp³-hybridized carbons (Fsp3) is 0.333. The van der Waals surface area contributed by atoms with Gasteiger partial charge >= 0.3 is 13.4 Å². The van der Waals surface area contributed by atoms with Crippen LogP contribution < -0.4 is 4.74 Å². The van der Waals surface area contributed by atoms with Gasteiger partial charge in [0.15, 0.2) is 5.82 Å². The number of rotatable bonds is 8. The molecule has 2 aliphatic heterocycles. The molecule has 0 unspecified atom stereocenters. The Balaban J connectivity index is 1.29. The van der Waals surface area contributed by atoms with Gasteiger partial charge in [0.25, 0.3) is 0 Å². The van der Waals surface area contributed by atoms with E-state index in [2.05, 4.69) is 9.97 Å². The molecule has 35 heavy (non-hydrogen) atoms. The van der Waals surface area contributed by atoms with E-state index < -0.39 is 12.6 Å². The predicted octanol–water partition coefficient (Wildman–Crippen LogP) is 4.90. The second-order valence-corrected chi connectivity index (χ2v) is 11.2. The number of benzene rings is 2. The Morgan fingerprint density at radius 1 is 1.06 bits per heavy atom. The van der Waals surface area contributed by atoms with Crippen LogP contribution in [0.4, 0.5) is 5.69 Å². The molecular weight excluding hydrogens is 469 g/mol. The Morgan fingerprint density at radius 3 is 2.40 bits per heavy atom. The zero-order valence-electron chi connectivity index (χ0n) is 19.2. The normalized spacial score (nSPS) is 19.4. The van der Waals surface area contributed by atoms with E-state index in [4.69, 9.17) is 9.26 Å². The van der Waals surface area contributed by atoms with Crippen LogP contribution >= 0.6 is 7.67 Å². The predicted molar refractivity (Wildman–Crippen MR) is 128 cm³/mol. The quantitative estimate of drug-likeness (QED) is 0.187. The van der Waals surface area contributed by atoms with Crippen molar-refractivity contribution < 1.29 is 18.7 Å². The van der Waals surface area contributed by atoms with Gasteiger partial charge in [-0.15, -0.1) is 0 Å². The minimum atomic E-state index is -3.02. The summed E-state index contributed by atoms with van der Waals surface area (Å²) in [7, 11) is -3.02. The summed E-state index contributed by atoms with van der Waals surface area (Å²) in [6, 6.07) is 12.2. The molecule has 1 aliphatic carbocycles. The smallest absolute Gasteiger partial charge is 0.346 e. The fourth-order valence-electron chi connectivity index (χ4n) is 4.44. The second kappa shape index (κ2) is 8.49. The van der Waals surface area contributed by atoms with Crippen molar-refractivity contribution in [2.45, 2.75) is 25.9 Å². The van der Waals surface area contributed by atoms with Crippen molar-refractivity contribution in [3.8, 4) is 22.9 Å². The van der Waals surface area contributed by atoms with Gasteiger partial charge in [-0.2, -0.15) is 0 Å². The lowest BCUT2D eigenvalue weighted by Gasteiger charge is -2.24. The van der Waals surface area contributed by atoms with E-state index in [0.29, 0.717) is 24.4 Å². The molecular formula is C24H24N5O5P. The van der Waals surface area contributed by atoms with Crippen molar-refractivity contribution >= 4 is 13.4 Å². The highest BCUT2D eigenvalue weighted by Gasteiger charge is 2.51. The average molecular weight is 493 g/mol. The van der Waals surface area contributed by atoms with E-state index in [1.54, 1.807) is 24.4 Å². The maximum atomic E-state index is 13.5. The van der Waals surface area contributed by atoms with Crippen LogP contribution in [0, 0.1) is 17.0 Å². The largest absolute Gasteiger partial charge is 0.450 e. The maximum Gasteiger partial charge on any atom is 0.346 e. The third-order valence-corrected chi connectivity index (χ3v) is 9.19. The summed E-state index contributed by atoms with van der Waals surface area (Å²) in [5, 5.41) is 11.8. The van der Waals surface area contributed by atoms with Crippen LogP contribution in [0.5, 0.6) is 11.5 Å². The Labute approximate surface area is 202 Å². The second-order valence-electron chi connectivity index (χ2n) is 8.92. The van der Waals surface area contributed by atoms with Crippen molar-refractivity contribution in [1.29, 1.82) is 0 Å². The van der Waals surface area contributed by atoms with Crippen molar-refractivity contribution in [3.05, 3.63) is 75.6 Å². The van der Waals surface area contributed by atoms with Crippen molar-refractivity contribution in [2.75, 3.05) is 26.2 Å². The van der Waals surface area contributed by atoms with Crippen molar-refractivity contribution in [2.24, 2.45) is 0 Å². The number of fused-ring (bicyclic) bond motifs is 1. The Morgan fingerprint density at radius 2 is 1.77 bits per heavy atom. The Kier molecular flexibility index (Phi) is 5.41. The monoisotopic (exact) mass is 493 g/mol. The number of nitro benzene ring substituents is 1. The lowest BCUT2D eigenvalue weighted by Crippen LogP contribution is -2.11. The van der Waals surface area contributed by atoms with Crippen LogP contribution in [-0.4, -0.2) is 50.4 Å². The minimum absolute atomic E-state index is 0.101. The molecule has 3 aliphatic rings. The average Bonchev–Trinajstić information content (AvgIpc) is 3.77. The molecule has 2 saturated heterocycles. The first-order valence-corrected chi connectivity index (χ1v) is 13.1. The van der Waals surface area contributed by atoms with Gasteiger partial charge in [0.2, 0.25) is 5.75 Å². The SMILES string of the molecule is Cc1ccnc(-c2ccc(Oc3c([N+](=O)[O-])ccc4c3CC[C@H]4OP(=O)(N3CC3)N3CC3)cc2)n1. The fourth-order valence-corrected chi connectivity index (χ4v) is 6.80. The third-order valence-electron chi connectivity index (χ3n) is 6.43. The molecule has 0 radical (unpaired) electrons. The minimum Gasteiger partial charge on any atom is -0.450 e. The number of hydrogen-bond donors (Lipinski definition) is 0. The summed E-state index contributed by atoms with van der Waals surface area (Å²) in [6.07, 6.45) is 2.46. The summed E-state index contributed by atoms with van der Waals surface area (Å²) in [5.74, 6) is 1.29. The van der Waals surface area contributed by atoms with E-state index in [0.717, 1.165) is 48.6 Å². The van der Waals surface area contributed by atoms with Gasteiger partial charge < -0.3 is 4.74 Å². The molecule has 0 amide bonds. The van der Waals surface area contributed by atoms with Gasteiger partial charge in [-0.1, -0.05) is 0 Å². The summed E-state index contributed by atoms with van der Waals surface area (Å²) in [4.78, 5) is 20.1. The summed E-state index contributed by atoms with van der Waals surface area (Å²) in [6.45, 7) is 4.98. The molecule has 180 valence electrons. The highest BCUT2D eigenvalue weighted by molar-refractivity contribution is 7.54. The van der Waals surface area contributed by atoms with Crippen LogP contribution in [0.1, 0.15) is 29.3 Å². The lowest BCUT2D eigenvalue weighted by molar-refractivity contribution is -0.385. The van der Waals surface area contributed by atoms with Gasteiger partial charge in [0.1, 0.15) is 5.75 Å². The zero-order chi connectivity index (χ0) is 24.2. The molecule has 0 saturated carbocycles. The Bertz CT molecular complexity index is 1340. The molecule has 1 atom stereocenters. The van der Waals surface area contributed by atoms with Crippen LogP contribution in [0.2, 0.25) is 0 Å². The van der Waals surface area contributed by atoms with E-state index in [1.165, 1.54) is 6.07 Å². The number of aryl methyl sites for hydroxylation is 1. The van der Waals surface area contributed by atoms with Gasteiger partial charge in [0.05, 0.1) is 11.0 Å². The number of ether oxygens (including phenoxy) is 1. The number of aromatic nitrogens is 2. The molecule has 2 fully saturated rings. The number of hydrogen-bond acceptors (Lipinski definition) is 7. The highest BCUT2D eigenvalue weighted by atomic mass is 31.2. The molecule has 3 heterocycles. The standard InChI is InChI=1S/C24H24N5O5P/c1-16-10-11-25-24(26-16)17-2-4-18(5-3-17)33-23-20-7-9-22(19(20)6-8-21(23)29(30)31)34-35(32,27-12-13-27)28-14-15-28/h2-6,8,10-11,22H,7,9,12-15H2,1H3/t22-/m1/s1. The summed E-state index contributed by atoms with van der Waals surface area (Å²) in [5.41, 5.74) is 3.13. The third kappa shape index (κ3) is 4.23. The van der Waals surface area contributed by atoms with Crippen LogP contribution in [0.25, 0.3) is 11.4 Å². The first-order chi connectivity index (χ1) is 16.9. The molecule has 1 aromatic heterocycles. The van der Waals surface area contributed by atoms with Gasteiger partial charge in [-0.05, 0) is 61.7 Å². The van der Waals surface area contributed by atoms with Crippen LogP contribution in [-0.2, 0) is 15.5 Å². The molecule has 10 nitrogen and oxygen atoms in total. The van der Waals surface area contributed by atoms with Gasteiger partial charge in [-0.25, -0.2) is 19.3 Å². The van der Waals surface area contributed by atoms with Crippen LogP contribution in [0.3, 0.4) is 0 Å². The molecule has 2 aromatic carbocycles. The topological polar surface area (TPSA) is 110 Å². The first-order valence-electron chi connectivity index (χ1n) is 11.6. The molecule has 0 bridgehead atoms. The van der Waals surface area contributed by atoms with E-state index in [1.807, 2.05) is 34.5 Å². The molecule has 3 aromatic rings.